The molecule has 1 aliphatic rings. The lowest BCUT2D eigenvalue weighted by Gasteiger charge is -2.28. The second kappa shape index (κ2) is 7.04. The van der Waals surface area contributed by atoms with E-state index in [1.165, 1.54) is 0 Å². The molecule has 3 heterocycles. The molecule has 2 aromatic heterocycles. The maximum atomic E-state index is 5.41. The van der Waals surface area contributed by atoms with E-state index in [1.54, 1.807) is 23.1 Å². The zero-order valence-corrected chi connectivity index (χ0v) is 14.8. The van der Waals surface area contributed by atoms with Crippen molar-refractivity contribution in [2.24, 2.45) is 0 Å². The van der Waals surface area contributed by atoms with Crippen LogP contribution in [0.25, 0.3) is 10.7 Å². The Morgan fingerprint density at radius 2 is 2.19 bits per heavy atom. The molecule has 0 amide bonds. The number of thioether (sulfide) groups is 1. The molecule has 1 aliphatic heterocycles. The second-order valence-electron chi connectivity index (χ2n) is 4.55. The molecule has 0 bridgehead atoms. The standard InChI is InChI=1S/C13H15BrN4OS2/c1-20-8-9-6-11(18-2-4-19-5-3-18)17-12(16-9)10-7-15-13(14)21-10/h6-7H,2-5,8H2,1H3. The van der Waals surface area contributed by atoms with E-state index in [-0.39, 0.29) is 0 Å². The van der Waals surface area contributed by atoms with Gasteiger partial charge in [-0.1, -0.05) is 0 Å². The Morgan fingerprint density at radius 3 is 2.86 bits per heavy atom. The first-order valence-electron chi connectivity index (χ1n) is 6.57. The van der Waals surface area contributed by atoms with Crippen molar-refractivity contribution in [2.75, 3.05) is 37.5 Å². The van der Waals surface area contributed by atoms with Crippen LogP contribution in [0.1, 0.15) is 5.69 Å². The van der Waals surface area contributed by atoms with E-state index in [0.29, 0.717) is 0 Å². The van der Waals surface area contributed by atoms with Crippen molar-refractivity contribution in [3.8, 4) is 10.7 Å². The first-order chi connectivity index (χ1) is 10.3. The predicted octanol–water partition coefficient (Wildman–Crippen LogP) is 3.06. The summed E-state index contributed by atoms with van der Waals surface area (Å²) in [6, 6.07) is 2.08. The number of nitrogens with zero attached hydrogens (tertiary/aromatic N) is 4. The summed E-state index contributed by atoms with van der Waals surface area (Å²) in [6.07, 6.45) is 3.90. The highest BCUT2D eigenvalue weighted by molar-refractivity contribution is 9.11. The number of halogens is 1. The highest BCUT2D eigenvalue weighted by atomic mass is 79.9. The minimum atomic E-state index is 0.753. The fourth-order valence-electron chi connectivity index (χ4n) is 2.13. The molecular formula is C13H15BrN4OS2. The van der Waals surface area contributed by atoms with Gasteiger partial charge >= 0.3 is 0 Å². The lowest BCUT2D eigenvalue weighted by atomic mass is 10.3. The van der Waals surface area contributed by atoms with Gasteiger partial charge in [0.25, 0.3) is 0 Å². The topological polar surface area (TPSA) is 51.1 Å². The zero-order valence-electron chi connectivity index (χ0n) is 11.6. The van der Waals surface area contributed by atoms with Gasteiger partial charge in [0.15, 0.2) is 9.74 Å². The van der Waals surface area contributed by atoms with Crippen molar-refractivity contribution in [3.63, 3.8) is 0 Å². The van der Waals surface area contributed by atoms with Crippen LogP contribution in [0.5, 0.6) is 0 Å². The Morgan fingerprint density at radius 1 is 1.38 bits per heavy atom. The van der Waals surface area contributed by atoms with Gasteiger partial charge in [0.05, 0.1) is 30.0 Å². The molecular weight excluding hydrogens is 372 g/mol. The molecule has 21 heavy (non-hydrogen) atoms. The van der Waals surface area contributed by atoms with E-state index < -0.39 is 0 Å². The number of rotatable bonds is 4. The number of hydrogen-bond donors (Lipinski definition) is 0. The molecule has 0 spiro atoms. The highest BCUT2D eigenvalue weighted by Gasteiger charge is 2.16. The highest BCUT2D eigenvalue weighted by Crippen LogP contribution is 2.29. The van der Waals surface area contributed by atoms with Crippen LogP contribution in [-0.2, 0) is 10.5 Å². The van der Waals surface area contributed by atoms with Crippen molar-refractivity contribution in [1.29, 1.82) is 0 Å². The van der Waals surface area contributed by atoms with E-state index in [2.05, 4.69) is 43.1 Å². The van der Waals surface area contributed by atoms with Gasteiger partial charge in [0.1, 0.15) is 5.82 Å². The van der Waals surface area contributed by atoms with Crippen molar-refractivity contribution >= 4 is 44.8 Å². The smallest absolute Gasteiger partial charge is 0.173 e. The van der Waals surface area contributed by atoms with E-state index in [9.17, 15) is 0 Å². The van der Waals surface area contributed by atoms with E-state index in [0.717, 1.165) is 58.2 Å². The SMILES string of the molecule is CSCc1cc(N2CCOCC2)nc(-c2cnc(Br)s2)n1. The summed E-state index contributed by atoms with van der Waals surface area (Å²) in [7, 11) is 0. The number of aromatic nitrogens is 3. The van der Waals surface area contributed by atoms with Crippen LogP contribution in [0, 0.1) is 0 Å². The Balaban J connectivity index is 1.96. The van der Waals surface area contributed by atoms with E-state index in [4.69, 9.17) is 9.72 Å². The third-order valence-corrected chi connectivity index (χ3v) is 5.15. The van der Waals surface area contributed by atoms with Crippen LogP contribution in [0.4, 0.5) is 5.82 Å². The number of thiazole rings is 1. The first kappa shape index (κ1) is 15.2. The van der Waals surface area contributed by atoms with Gasteiger partial charge in [0.2, 0.25) is 0 Å². The minimum absolute atomic E-state index is 0.753. The fourth-order valence-corrected chi connectivity index (χ4v) is 3.77. The summed E-state index contributed by atoms with van der Waals surface area (Å²) in [5.74, 6) is 2.62. The largest absolute Gasteiger partial charge is 0.378 e. The van der Waals surface area contributed by atoms with Crippen molar-refractivity contribution in [1.82, 2.24) is 15.0 Å². The van der Waals surface area contributed by atoms with Gasteiger partial charge in [-0.3, -0.25) is 0 Å². The number of morpholine rings is 1. The van der Waals surface area contributed by atoms with Gasteiger partial charge in [-0.25, -0.2) is 15.0 Å². The van der Waals surface area contributed by atoms with Crippen molar-refractivity contribution in [2.45, 2.75) is 5.75 Å². The molecule has 1 fully saturated rings. The molecule has 0 aromatic carbocycles. The maximum Gasteiger partial charge on any atom is 0.173 e. The van der Waals surface area contributed by atoms with E-state index >= 15 is 0 Å². The monoisotopic (exact) mass is 386 g/mol. The van der Waals surface area contributed by atoms with Crippen LogP contribution in [0.2, 0.25) is 0 Å². The molecule has 1 saturated heterocycles. The summed E-state index contributed by atoms with van der Waals surface area (Å²) in [5.41, 5.74) is 1.05. The molecule has 5 nitrogen and oxygen atoms in total. The van der Waals surface area contributed by atoms with Crippen LogP contribution in [-0.4, -0.2) is 47.5 Å². The molecule has 0 atom stereocenters. The Labute approximate surface area is 140 Å². The van der Waals surface area contributed by atoms with Crippen LogP contribution < -0.4 is 4.90 Å². The molecule has 0 unspecified atom stereocenters. The Kier molecular flexibility index (Phi) is 5.10. The van der Waals surface area contributed by atoms with Crippen molar-refractivity contribution < 1.29 is 4.74 Å². The molecule has 0 saturated carbocycles. The predicted molar refractivity (Wildman–Crippen MR) is 91.1 cm³/mol. The lowest BCUT2D eigenvalue weighted by Crippen LogP contribution is -2.36. The normalized spacial score (nSPS) is 15.4. The van der Waals surface area contributed by atoms with Gasteiger partial charge in [0, 0.05) is 24.9 Å². The van der Waals surface area contributed by atoms with Crippen LogP contribution >= 0.6 is 39.0 Å². The Bertz CT molecular complexity index is 616. The van der Waals surface area contributed by atoms with Crippen LogP contribution in [0.3, 0.4) is 0 Å². The molecule has 3 rings (SSSR count). The Hall–Kier alpha value is -0.700. The number of hydrogen-bond acceptors (Lipinski definition) is 7. The number of anilines is 1. The average Bonchev–Trinajstić information content (AvgIpc) is 2.95. The third kappa shape index (κ3) is 3.74. The number of ether oxygens (including phenoxy) is 1. The van der Waals surface area contributed by atoms with Crippen LogP contribution in [0.15, 0.2) is 16.2 Å². The summed E-state index contributed by atoms with van der Waals surface area (Å²) in [5, 5.41) is 0. The second-order valence-corrected chi connectivity index (χ2v) is 7.72. The molecule has 2 aromatic rings. The molecule has 0 radical (unpaired) electrons. The third-order valence-electron chi connectivity index (χ3n) is 3.09. The van der Waals surface area contributed by atoms with Gasteiger partial charge in [-0.2, -0.15) is 11.8 Å². The summed E-state index contributed by atoms with van der Waals surface area (Å²) in [6.45, 7) is 3.26. The van der Waals surface area contributed by atoms with Gasteiger partial charge in [-0.05, 0) is 22.2 Å². The molecule has 0 N–H and O–H groups in total. The maximum absolute atomic E-state index is 5.41. The minimum Gasteiger partial charge on any atom is -0.378 e. The zero-order chi connectivity index (χ0) is 14.7. The molecule has 112 valence electrons. The van der Waals surface area contributed by atoms with Gasteiger partial charge in [-0.15, -0.1) is 11.3 Å². The summed E-state index contributed by atoms with van der Waals surface area (Å²) in [4.78, 5) is 16.9. The average molecular weight is 387 g/mol. The quantitative estimate of drug-likeness (QED) is 0.804. The molecule has 8 heteroatoms. The first-order valence-corrected chi connectivity index (χ1v) is 9.58. The van der Waals surface area contributed by atoms with E-state index in [1.807, 2.05) is 6.20 Å². The summed E-state index contributed by atoms with van der Waals surface area (Å²) >= 11 is 6.71. The lowest BCUT2D eigenvalue weighted by molar-refractivity contribution is 0.122. The summed E-state index contributed by atoms with van der Waals surface area (Å²) < 4.78 is 6.27. The fraction of sp³-hybridized carbons (Fsp3) is 0.462. The molecule has 0 aliphatic carbocycles. The van der Waals surface area contributed by atoms with Gasteiger partial charge < -0.3 is 9.64 Å². The van der Waals surface area contributed by atoms with Crippen molar-refractivity contribution in [3.05, 3.63) is 21.9 Å².